The van der Waals surface area contributed by atoms with Gasteiger partial charge >= 0.3 is 0 Å². The lowest BCUT2D eigenvalue weighted by Crippen LogP contribution is -2.27. The molecule has 0 aliphatic carbocycles. The van der Waals surface area contributed by atoms with E-state index in [1.165, 1.54) is 11.6 Å². The van der Waals surface area contributed by atoms with E-state index in [0.29, 0.717) is 6.04 Å². The van der Waals surface area contributed by atoms with Gasteiger partial charge in [0.05, 0.1) is 5.69 Å². The van der Waals surface area contributed by atoms with Gasteiger partial charge in [-0.2, -0.15) is 5.10 Å². The third-order valence-electron chi connectivity index (χ3n) is 3.19. The Bertz CT molecular complexity index is 548. The molecule has 0 amide bonds. The summed E-state index contributed by atoms with van der Waals surface area (Å²) >= 11 is 0. The predicted octanol–water partition coefficient (Wildman–Crippen LogP) is 2.59. The van der Waals surface area contributed by atoms with Gasteiger partial charge < -0.3 is 5.32 Å². The molecule has 102 valence electrons. The van der Waals surface area contributed by atoms with Crippen LogP contribution in [0.2, 0.25) is 0 Å². The Morgan fingerprint density at radius 2 is 2.21 bits per heavy atom. The summed E-state index contributed by atoms with van der Waals surface area (Å²) in [7, 11) is 1.92. The first-order chi connectivity index (χ1) is 9.04. The minimum atomic E-state index is -0.173. The average Bonchev–Trinajstić information content (AvgIpc) is 2.65. The SMILES string of the molecule is Cc1nn(C)cc1CNC(C)Cc1cccc(F)c1. The van der Waals surface area contributed by atoms with Gasteiger partial charge in [-0.15, -0.1) is 0 Å². The van der Waals surface area contributed by atoms with Crippen LogP contribution in [-0.2, 0) is 20.0 Å². The van der Waals surface area contributed by atoms with E-state index in [0.717, 1.165) is 24.2 Å². The summed E-state index contributed by atoms with van der Waals surface area (Å²) in [6, 6.07) is 7.06. The second-order valence-corrected chi connectivity index (χ2v) is 5.03. The van der Waals surface area contributed by atoms with Crippen LogP contribution in [-0.4, -0.2) is 15.8 Å². The number of rotatable bonds is 5. The molecule has 0 spiro atoms. The fourth-order valence-corrected chi connectivity index (χ4v) is 2.20. The van der Waals surface area contributed by atoms with Crippen molar-refractivity contribution in [2.75, 3.05) is 0 Å². The van der Waals surface area contributed by atoms with E-state index >= 15 is 0 Å². The van der Waals surface area contributed by atoms with Crippen molar-refractivity contribution in [3.63, 3.8) is 0 Å². The zero-order valence-corrected chi connectivity index (χ0v) is 11.7. The van der Waals surface area contributed by atoms with Crippen molar-refractivity contribution in [3.05, 3.63) is 53.1 Å². The molecule has 2 rings (SSSR count). The molecule has 1 aromatic heterocycles. The summed E-state index contributed by atoms with van der Waals surface area (Å²) in [5.74, 6) is -0.173. The lowest BCUT2D eigenvalue weighted by atomic mass is 10.1. The molecule has 3 nitrogen and oxygen atoms in total. The highest BCUT2D eigenvalue weighted by Gasteiger charge is 2.07. The highest BCUT2D eigenvalue weighted by atomic mass is 19.1. The van der Waals surface area contributed by atoms with Gasteiger partial charge in [0, 0.05) is 31.4 Å². The topological polar surface area (TPSA) is 29.9 Å². The van der Waals surface area contributed by atoms with Crippen molar-refractivity contribution in [2.24, 2.45) is 7.05 Å². The van der Waals surface area contributed by atoms with E-state index in [4.69, 9.17) is 0 Å². The molecule has 1 N–H and O–H groups in total. The normalized spacial score (nSPS) is 12.6. The van der Waals surface area contributed by atoms with Crippen molar-refractivity contribution >= 4 is 0 Å². The smallest absolute Gasteiger partial charge is 0.123 e. The predicted molar refractivity (Wildman–Crippen MR) is 74.4 cm³/mol. The fraction of sp³-hybridized carbons (Fsp3) is 0.400. The maximum atomic E-state index is 13.1. The molecule has 0 aliphatic rings. The van der Waals surface area contributed by atoms with E-state index in [1.807, 2.05) is 30.9 Å². The van der Waals surface area contributed by atoms with E-state index in [1.54, 1.807) is 12.1 Å². The third kappa shape index (κ3) is 3.89. The lowest BCUT2D eigenvalue weighted by molar-refractivity contribution is 0.542. The minimum Gasteiger partial charge on any atom is -0.310 e. The zero-order chi connectivity index (χ0) is 13.8. The first-order valence-corrected chi connectivity index (χ1v) is 6.51. The molecular weight excluding hydrogens is 241 g/mol. The van der Waals surface area contributed by atoms with Crippen LogP contribution in [0.1, 0.15) is 23.7 Å². The summed E-state index contributed by atoms with van der Waals surface area (Å²) in [5, 5.41) is 7.76. The second-order valence-electron chi connectivity index (χ2n) is 5.03. The first kappa shape index (κ1) is 13.7. The number of aryl methyl sites for hydroxylation is 2. The molecule has 2 aromatic rings. The molecule has 4 heteroatoms. The van der Waals surface area contributed by atoms with E-state index in [2.05, 4.69) is 17.3 Å². The van der Waals surface area contributed by atoms with Crippen LogP contribution in [0.4, 0.5) is 4.39 Å². The molecule has 1 heterocycles. The van der Waals surface area contributed by atoms with Gasteiger partial charge in [0.2, 0.25) is 0 Å². The Labute approximate surface area is 113 Å². The van der Waals surface area contributed by atoms with Crippen LogP contribution >= 0.6 is 0 Å². The molecule has 0 saturated carbocycles. The molecule has 0 fully saturated rings. The van der Waals surface area contributed by atoms with Crippen molar-refractivity contribution in [3.8, 4) is 0 Å². The van der Waals surface area contributed by atoms with Crippen molar-refractivity contribution in [2.45, 2.75) is 32.9 Å². The summed E-state index contributed by atoms with van der Waals surface area (Å²) in [4.78, 5) is 0. The quantitative estimate of drug-likeness (QED) is 0.896. The maximum Gasteiger partial charge on any atom is 0.123 e. The second kappa shape index (κ2) is 5.97. The number of aromatic nitrogens is 2. The van der Waals surface area contributed by atoms with Crippen molar-refractivity contribution < 1.29 is 4.39 Å². The summed E-state index contributed by atoms with van der Waals surface area (Å²) in [6.45, 7) is 4.90. The van der Waals surface area contributed by atoms with Gasteiger partial charge in [-0.1, -0.05) is 12.1 Å². The molecule has 0 saturated heterocycles. The largest absolute Gasteiger partial charge is 0.310 e. The number of hydrogen-bond acceptors (Lipinski definition) is 2. The average molecular weight is 261 g/mol. The Kier molecular flexibility index (Phi) is 4.32. The molecule has 0 aliphatic heterocycles. The molecule has 1 atom stereocenters. The van der Waals surface area contributed by atoms with Crippen LogP contribution in [0.3, 0.4) is 0 Å². The molecule has 19 heavy (non-hydrogen) atoms. The van der Waals surface area contributed by atoms with Gasteiger partial charge in [0.1, 0.15) is 5.82 Å². The van der Waals surface area contributed by atoms with Gasteiger partial charge in [-0.25, -0.2) is 4.39 Å². The van der Waals surface area contributed by atoms with E-state index in [-0.39, 0.29) is 5.82 Å². The monoisotopic (exact) mass is 261 g/mol. The highest BCUT2D eigenvalue weighted by Crippen LogP contribution is 2.08. The van der Waals surface area contributed by atoms with Crippen LogP contribution < -0.4 is 5.32 Å². The molecule has 0 bridgehead atoms. The maximum absolute atomic E-state index is 13.1. The number of halogens is 1. The molecule has 1 unspecified atom stereocenters. The standard InChI is InChI=1S/C15H20FN3/c1-11(7-13-5-4-6-15(16)8-13)17-9-14-10-19(3)18-12(14)2/h4-6,8,10-11,17H,7,9H2,1-3H3. The number of nitrogens with zero attached hydrogens (tertiary/aromatic N) is 2. The molecule has 1 aromatic carbocycles. The third-order valence-corrected chi connectivity index (χ3v) is 3.19. The first-order valence-electron chi connectivity index (χ1n) is 6.51. The zero-order valence-electron chi connectivity index (χ0n) is 11.7. The highest BCUT2D eigenvalue weighted by molar-refractivity contribution is 5.18. The Morgan fingerprint density at radius 1 is 1.42 bits per heavy atom. The van der Waals surface area contributed by atoms with Crippen LogP contribution in [0, 0.1) is 12.7 Å². The van der Waals surface area contributed by atoms with Gasteiger partial charge in [0.15, 0.2) is 0 Å². The fourth-order valence-electron chi connectivity index (χ4n) is 2.20. The van der Waals surface area contributed by atoms with Crippen LogP contribution in [0.15, 0.2) is 30.5 Å². The number of benzene rings is 1. The van der Waals surface area contributed by atoms with Crippen LogP contribution in [0.25, 0.3) is 0 Å². The summed E-state index contributed by atoms with van der Waals surface area (Å²) in [6.07, 6.45) is 2.84. The summed E-state index contributed by atoms with van der Waals surface area (Å²) < 4.78 is 14.9. The van der Waals surface area contributed by atoms with E-state index < -0.39 is 0 Å². The number of hydrogen-bond donors (Lipinski definition) is 1. The van der Waals surface area contributed by atoms with Crippen LogP contribution in [0.5, 0.6) is 0 Å². The summed E-state index contributed by atoms with van der Waals surface area (Å²) in [5.41, 5.74) is 3.27. The van der Waals surface area contributed by atoms with Gasteiger partial charge in [-0.05, 0) is 38.0 Å². The Hall–Kier alpha value is -1.68. The van der Waals surface area contributed by atoms with E-state index in [9.17, 15) is 4.39 Å². The van der Waals surface area contributed by atoms with Crippen molar-refractivity contribution in [1.82, 2.24) is 15.1 Å². The van der Waals surface area contributed by atoms with Crippen molar-refractivity contribution in [1.29, 1.82) is 0 Å². The van der Waals surface area contributed by atoms with Gasteiger partial charge in [0.25, 0.3) is 0 Å². The van der Waals surface area contributed by atoms with Gasteiger partial charge in [-0.3, -0.25) is 4.68 Å². The lowest BCUT2D eigenvalue weighted by Gasteiger charge is -2.13. The molecular formula is C15H20FN3. The number of nitrogens with one attached hydrogen (secondary N) is 1. The Balaban J connectivity index is 1.88. The molecule has 0 radical (unpaired) electrons. The Morgan fingerprint density at radius 3 is 2.84 bits per heavy atom. The minimum absolute atomic E-state index is 0.173.